The van der Waals surface area contributed by atoms with Crippen LogP contribution < -0.4 is 15.5 Å². The highest BCUT2D eigenvalue weighted by Crippen LogP contribution is 2.26. The Labute approximate surface area is 261 Å². The van der Waals surface area contributed by atoms with Crippen LogP contribution >= 0.6 is 11.3 Å². The van der Waals surface area contributed by atoms with Gasteiger partial charge in [-0.2, -0.15) is 0 Å². The minimum atomic E-state index is -0.984. The predicted molar refractivity (Wildman–Crippen MR) is 167 cm³/mol. The second-order valence-corrected chi connectivity index (χ2v) is 13.7. The van der Waals surface area contributed by atoms with Crippen LogP contribution in [0.2, 0.25) is 0 Å². The van der Waals surface area contributed by atoms with E-state index in [9.17, 15) is 19.2 Å². The summed E-state index contributed by atoms with van der Waals surface area (Å²) in [6.45, 7) is 15.2. The molecule has 0 aliphatic rings. The van der Waals surface area contributed by atoms with Crippen molar-refractivity contribution in [3.8, 4) is 11.3 Å². The molecule has 0 aliphatic carbocycles. The van der Waals surface area contributed by atoms with Gasteiger partial charge in [-0.3, -0.25) is 4.79 Å². The molecule has 2 heterocycles. The van der Waals surface area contributed by atoms with E-state index in [-0.39, 0.29) is 5.95 Å². The molecule has 1 atom stereocenters. The van der Waals surface area contributed by atoms with Crippen molar-refractivity contribution in [3.05, 3.63) is 58.9 Å². The number of benzene rings is 1. The minimum absolute atomic E-state index is 0.226. The van der Waals surface area contributed by atoms with Crippen molar-refractivity contribution in [2.24, 2.45) is 0 Å². The molecule has 0 fully saturated rings. The molecule has 3 rings (SSSR count). The van der Waals surface area contributed by atoms with Crippen LogP contribution in [0.3, 0.4) is 0 Å². The van der Waals surface area contributed by atoms with E-state index in [2.05, 4.69) is 20.6 Å². The van der Waals surface area contributed by atoms with E-state index in [1.54, 1.807) is 105 Å². The number of ether oxygens (including phenoxy) is 3. The van der Waals surface area contributed by atoms with Gasteiger partial charge in [0, 0.05) is 22.3 Å². The first-order chi connectivity index (χ1) is 20.3. The van der Waals surface area contributed by atoms with Crippen LogP contribution in [0.15, 0.2) is 54.0 Å². The Kier molecular flexibility index (Phi) is 10.4. The number of nitrogens with one attached hydrogen (secondary N) is 2. The van der Waals surface area contributed by atoms with Gasteiger partial charge in [0.15, 0.2) is 0 Å². The van der Waals surface area contributed by atoms with E-state index in [1.807, 2.05) is 5.38 Å². The number of alkyl carbamates (subject to hydrolysis) is 1. The van der Waals surface area contributed by atoms with E-state index in [1.165, 1.54) is 17.5 Å². The summed E-state index contributed by atoms with van der Waals surface area (Å²) >= 11 is 1.33. The summed E-state index contributed by atoms with van der Waals surface area (Å²) in [5.74, 6) is -0.684. The van der Waals surface area contributed by atoms with E-state index in [4.69, 9.17) is 14.2 Å². The largest absolute Gasteiger partial charge is 0.444 e. The summed E-state index contributed by atoms with van der Waals surface area (Å²) < 4.78 is 16.2. The number of nitrogens with zero attached hydrogens (tertiary/aromatic N) is 3. The van der Waals surface area contributed by atoms with Crippen LogP contribution in [0.5, 0.6) is 0 Å². The molecule has 0 radical (unpaired) electrons. The van der Waals surface area contributed by atoms with E-state index in [0.29, 0.717) is 26.7 Å². The van der Waals surface area contributed by atoms with Crippen LogP contribution in [-0.2, 0) is 19.0 Å². The molecule has 0 aliphatic heterocycles. The standard InChI is InChI=1S/C31H39N5O7S/c1-29(2,3)41-26(38)35-23(22-11-10-18-44-22)24(37)33-20-14-12-19(13-15-20)21-16-17-32-25(34-21)36(27(39)42-30(4,5)6)28(40)43-31(7,8)9/h10-18,23H,1-9H3,(H,33,37)(H,35,38)/t23-/m1/s1. The quantitative estimate of drug-likeness (QED) is 0.274. The second-order valence-electron chi connectivity index (χ2n) is 12.7. The van der Waals surface area contributed by atoms with Crippen molar-refractivity contribution in [3.63, 3.8) is 0 Å². The lowest BCUT2D eigenvalue weighted by atomic mass is 10.1. The Bertz CT molecular complexity index is 1440. The Morgan fingerprint density at radius 2 is 1.36 bits per heavy atom. The number of carbonyl (C=O) groups excluding carboxylic acids is 4. The molecule has 0 saturated carbocycles. The molecule has 13 heteroatoms. The lowest BCUT2D eigenvalue weighted by Crippen LogP contribution is -2.44. The molecule has 2 N–H and O–H groups in total. The highest BCUT2D eigenvalue weighted by molar-refractivity contribution is 7.10. The van der Waals surface area contributed by atoms with Gasteiger partial charge in [0.05, 0.1) is 5.69 Å². The van der Waals surface area contributed by atoms with Crippen molar-refractivity contribution in [2.75, 3.05) is 10.2 Å². The van der Waals surface area contributed by atoms with Crippen molar-refractivity contribution in [1.29, 1.82) is 0 Å². The van der Waals surface area contributed by atoms with Gasteiger partial charge in [0.1, 0.15) is 22.8 Å². The third-order valence-corrected chi connectivity index (χ3v) is 6.13. The zero-order chi connectivity index (χ0) is 32.9. The fraction of sp³-hybridized carbons (Fsp3) is 0.419. The first-order valence-electron chi connectivity index (χ1n) is 13.8. The predicted octanol–water partition coefficient (Wildman–Crippen LogP) is 7.09. The van der Waals surface area contributed by atoms with Crippen molar-refractivity contribution in [2.45, 2.75) is 85.2 Å². The van der Waals surface area contributed by atoms with Gasteiger partial charge >= 0.3 is 18.3 Å². The maximum Gasteiger partial charge on any atom is 0.427 e. The fourth-order valence-corrected chi connectivity index (χ4v) is 4.33. The van der Waals surface area contributed by atoms with Gasteiger partial charge in [0.25, 0.3) is 5.91 Å². The lowest BCUT2D eigenvalue weighted by molar-refractivity contribution is -0.118. The van der Waals surface area contributed by atoms with Gasteiger partial charge in [-0.15, -0.1) is 16.2 Å². The monoisotopic (exact) mass is 625 g/mol. The zero-order valence-corrected chi connectivity index (χ0v) is 27.2. The zero-order valence-electron chi connectivity index (χ0n) is 26.4. The molecule has 0 saturated heterocycles. The van der Waals surface area contributed by atoms with Gasteiger partial charge in [-0.25, -0.2) is 24.4 Å². The minimum Gasteiger partial charge on any atom is -0.444 e. The highest BCUT2D eigenvalue weighted by atomic mass is 32.1. The molecule has 236 valence electrons. The molecule has 4 amide bonds. The Morgan fingerprint density at radius 3 is 1.86 bits per heavy atom. The second kappa shape index (κ2) is 13.4. The summed E-state index contributed by atoms with van der Waals surface area (Å²) in [5, 5.41) is 7.26. The topological polar surface area (TPSA) is 149 Å². The molecule has 0 bridgehead atoms. The molecule has 44 heavy (non-hydrogen) atoms. The molecule has 3 aromatic rings. The Hall–Kier alpha value is -4.52. The third kappa shape index (κ3) is 10.3. The summed E-state index contributed by atoms with van der Waals surface area (Å²) in [6.07, 6.45) is -1.28. The maximum atomic E-state index is 13.2. The SMILES string of the molecule is CC(C)(C)OC(=O)N[C@@H](C(=O)Nc1ccc(-c2ccnc(N(C(=O)OC(C)(C)C)C(=O)OC(C)(C)C)n2)cc1)c1cccs1. The van der Waals surface area contributed by atoms with Crippen LogP contribution in [0, 0.1) is 0 Å². The molecule has 0 unspecified atom stereocenters. The number of imide groups is 1. The number of amides is 4. The molecular formula is C31H39N5O7S. The van der Waals surface area contributed by atoms with Gasteiger partial charge < -0.3 is 24.8 Å². The molecule has 1 aromatic carbocycles. The van der Waals surface area contributed by atoms with E-state index in [0.717, 1.165) is 0 Å². The number of thiophene rings is 1. The van der Waals surface area contributed by atoms with Gasteiger partial charge in [-0.1, -0.05) is 18.2 Å². The summed E-state index contributed by atoms with van der Waals surface area (Å²) in [5.41, 5.74) is -1.03. The third-order valence-electron chi connectivity index (χ3n) is 5.19. The highest BCUT2D eigenvalue weighted by Gasteiger charge is 2.35. The molecule has 0 spiro atoms. The van der Waals surface area contributed by atoms with E-state index >= 15 is 0 Å². The number of aromatic nitrogens is 2. The van der Waals surface area contributed by atoms with Gasteiger partial charge in [-0.05, 0) is 92.0 Å². The van der Waals surface area contributed by atoms with Crippen LogP contribution in [-0.4, -0.2) is 51.0 Å². The number of carbonyl (C=O) groups is 4. The average Bonchev–Trinajstić information content (AvgIpc) is 3.39. The van der Waals surface area contributed by atoms with Crippen LogP contribution in [0.25, 0.3) is 11.3 Å². The van der Waals surface area contributed by atoms with Crippen LogP contribution in [0.1, 0.15) is 73.2 Å². The normalized spacial score (nSPS) is 12.5. The first-order valence-corrected chi connectivity index (χ1v) is 14.7. The van der Waals surface area contributed by atoms with Crippen molar-refractivity contribution < 1.29 is 33.4 Å². The molecular weight excluding hydrogens is 586 g/mol. The van der Waals surface area contributed by atoms with Crippen molar-refractivity contribution in [1.82, 2.24) is 15.3 Å². The number of hydrogen-bond donors (Lipinski definition) is 2. The summed E-state index contributed by atoms with van der Waals surface area (Å²) in [6, 6.07) is 10.9. The number of anilines is 2. The Balaban J connectivity index is 1.83. The smallest absolute Gasteiger partial charge is 0.427 e. The Morgan fingerprint density at radius 1 is 0.795 bits per heavy atom. The summed E-state index contributed by atoms with van der Waals surface area (Å²) in [7, 11) is 0. The molecule has 12 nitrogen and oxygen atoms in total. The van der Waals surface area contributed by atoms with E-state index < -0.39 is 47.0 Å². The first kappa shape index (κ1) is 34.0. The lowest BCUT2D eigenvalue weighted by Gasteiger charge is -2.27. The average molecular weight is 626 g/mol. The maximum absolute atomic E-state index is 13.2. The van der Waals surface area contributed by atoms with Crippen LogP contribution in [0.4, 0.5) is 26.0 Å². The van der Waals surface area contributed by atoms with Gasteiger partial charge in [0.2, 0.25) is 5.95 Å². The fourth-order valence-electron chi connectivity index (χ4n) is 3.56. The number of rotatable bonds is 6. The van der Waals surface area contributed by atoms with Crippen molar-refractivity contribution >= 4 is 47.2 Å². The number of hydrogen-bond acceptors (Lipinski definition) is 10. The summed E-state index contributed by atoms with van der Waals surface area (Å²) in [4.78, 5) is 61.5. The molecule has 2 aromatic heterocycles.